The van der Waals surface area contributed by atoms with Crippen LogP contribution in [0.5, 0.6) is 0 Å². The van der Waals surface area contributed by atoms with Crippen molar-refractivity contribution in [2.24, 2.45) is 0 Å². The van der Waals surface area contributed by atoms with Crippen LogP contribution >= 0.6 is 11.3 Å². The number of aliphatic hydroxyl groups excluding tert-OH is 1. The third-order valence-electron chi connectivity index (χ3n) is 3.80. The SMILES string of the molecule is Cc1cn2c(=O)c(C(=O)NC3CCC(O)CC3)cnc2s1. The number of thiazole rings is 1. The molecule has 0 radical (unpaired) electrons. The molecule has 1 aliphatic carbocycles. The minimum atomic E-state index is -0.382. The van der Waals surface area contributed by atoms with Gasteiger partial charge in [-0.1, -0.05) is 0 Å². The summed E-state index contributed by atoms with van der Waals surface area (Å²) in [5, 5.41) is 12.3. The van der Waals surface area contributed by atoms with Crippen molar-refractivity contribution in [3.05, 3.63) is 33.2 Å². The number of nitrogens with one attached hydrogen (secondary N) is 1. The van der Waals surface area contributed by atoms with Crippen LogP contribution in [0.25, 0.3) is 4.96 Å². The standard InChI is InChI=1S/C14H17N3O3S/c1-8-7-17-13(20)11(6-15-14(17)21-8)12(19)16-9-2-4-10(18)5-3-9/h6-7,9-10,18H,2-5H2,1H3,(H,16,19). The van der Waals surface area contributed by atoms with Crippen molar-refractivity contribution in [1.82, 2.24) is 14.7 Å². The number of nitrogens with zero attached hydrogens (tertiary/aromatic N) is 2. The molecule has 2 aromatic rings. The fourth-order valence-electron chi connectivity index (χ4n) is 2.63. The summed E-state index contributed by atoms with van der Waals surface area (Å²) in [6.07, 6.45) is 5.62. The highest BCUT2D eigenvalue weighted by Crippen LogP contribution is 2.18. The number of fused-ring (bicyclic) bond motifs is 1. The number of rotatable bonds is 2. The maximum atomic E-state index is 12.3. The van der Waals surface area contributed by atoms with Crippen molar-refractivity contribution in [1.29, 1.82) is 0 Å². The molecule has 1 fully saturated rings. The zero-order valence-corrected chi connectivity index (χ0v) is 12.5. The molecule has 2 N–H and O–H groups in total. The number of carbonyl (C=O) groups excluding carboxylic acids is 1. The molecule has 112 valence electrons. The number of hydrogen-bond donors (Lipinski definition) is 2. The van der Waals surface area contributed by atoms with Crippen LogP contribution in [0.1, 0.15) is 40.9 Å². The highest BCUT2D eigenvalue weighted by molar-refractivity contribution is 7.16. The Bertz CT molecular complexity index is 729. The largest absolute Gasteiger partial charge is 0.393 e. The van der Waals surface area contributed by atoms with Gasteiger partial charge in [0.1, 0.15) is 5.56 Å². The van der Waals surface area contributed by atoms with E-state index in [1.807, 2.05) is 6.92 Å². The van der Waals surface area contributed by atoms with Gasteiger partial charge in [-0.05, 0) is 32.6 Å². The molecule has 1 aliphatic rings. The Kier molecular flexibility index (Phi) is 3.77. The third kappa shape index (κ3) is 2.84. The normalized spacial score (nSPS) is 22.4. The van der Waals surface area contributed by atoms with Crippen LogP contribution in [0, 0.1) is 6.92 Å². The summed E-state index contributed by atoms with van der Waals surface area (Å²) in [5.74, 6) is -0.382. The van der Waals surface area contributed by atoms with Crippen molar-refractivity contribution < 1.29 is 9.90 Å². The van der Waals surface area contributed by atoms with Gasteiger partial charge in [0.15, 0.2) is 4.96 Å². The number of aromatic nitrogens is 2. The van der Waals surface area contributed by atoms with Crippen molar-refractivity contribution in [2.45, 2.75) is 44.8 Å². The van der Waals surface area contributed by atoms with Crippen molar-refractivity contribution >= 4 is 22.2 Å². The average molecular weight is 307 g/mol. The second-order valence-corrected chi connectivity index (χ2v) is 6.66. The lowest BCUT2D eigenvalue weighted by atomic mass is 9.93. The lowest BCUT2D eigenvalue weighted by Crippen LogP contribution is -2.40. The topological polar surface area (TPSA) is 83.7 Å². The van der Waals surface area contributed by atoms with E-state index >= 15 is 0 Å². The number of amides is 1. The lowest BCUT2D eigenvalue weighted by molar-refractivity contribution is 0.0866. The zero-order valence-electron chi connectivity index (χ0n) is 11.7. The molecule has 6 nitrogen and oxygen atoms in total. The summed E-state index contributed by atoms with van der Waals surface area (Å²) < 4.78 is 1.42. The van der Waals surface area contributed by atoms with E-state index in [-0.39, 0.29) is 29.2 Å². The van der Waals surface area contributed by atoms with E-state index in [0.717, 1.165) is 17.7 Å². The van der Waals surface area contributed by atoms with E-state index in [2.05, 4.69) is 10.3 Å². The molecule has 0 atom stereocenters. The molecule has 3 rings (SSSR count). The fraction of sp³-hybridized carbons (Fsp3) is 0.500. The van der Waals surface area contributed by atoms with Gasteiger partial charge in [0.2, 0.25) is 0 Å². The molecule has 0 spiro atoms. The molecule has 1 saturated carbocycles. The smallest absolute Gasteiger partial charge is 0.271 e. The van der Waals surface area contributed by atoms with E-state index in [4.69, 9.17) is 0 Å². The van der Waals surface area contributed by atoms with Gasteiger partial charge >= 0.3 is 0 Å². The second kappa shape index (κ2) is 5.57. The molecule has 0 saturated heterocycles. The van der Waals surface area contributed by atoms with E-state index in [1.165, 1.54) is 21.9 Å². The first-order chi connectivity index (χ1) is 10.0. The van der Waals surface area contributed by atoms with Crippen LogP contribution in [-0.2, 0) is 0 Å². The van der Waals surface area contributed by atoms with Gasteiger partial charge in [0.25, 0.3) is 11.5 Å². The third-order valence-corrected chi connectivity index (χ3v) is 4.71. The monoisotopic (exact) mass is 307 g/mol. The highest BCUT2D eigenvalue weighted by atomic mass is 32.1. The first-order valence-corrected chi connectivity index (χ1v) is 7.83. The van der Waals surface area contributed by atoms with E-state index in [1.54, 1.807) is 6.20 Å². The quantitative estimate of drug-likeness (QED) is 0.870. The van der Waals surface area contributed by atoms with Gasteiger partial charge in [-0.15, -0.1) is 11.3 Å². The minimum absolute atomic E-state index is 0.0187. The second-order valence-electron chi connectivity index (χ2n) is 5.45. The molecule has 0 bridgehead atoms. The van der Waals surface area contributed by atoms with Crippen LogP contribution in [-0.4, -0.2) is 32.5 Å². The molecule has 0 aromatic carbocycles. The molecule has 2 heterocycles. The molecule has 7 heteroatoms. The van der Waals surface area contributed by atoms with Crippen molar-refractivity contribution in [2.75, 3.05) is 0 Å². The Labute approximate surface area is 125 Å². The summed E-state index contributed by atoms with van der Waals surface area (Å²) in [5.41, 5.74) is -0.269. The highest BCUT2D eigenvalue weighted by Gasteiger charge is 2.23. The van der Waals surface area contributed by atoms with Crippen LogP contribution in [0.2, 0.25) is 0 Å². The predicted molar refractivity (Wildman–Crippen MR) is 79.8 cm³/mol. The van der Waals surface area contributed by atoms with Crippen molar-refractivity contribution in [3.8, 4) is 0 Å². The molecular weight excluding hydrogens is 290 g/mol. The average Bonchev–Trinajstić information content (AvgIpc) is 2.83. The predicted octanol–water partition coefficient (Wildman–Crippen LogP) is 1.10. The summed E-state index contributed by atoms with van der Waals surface area (Å²) in [6.45, 7) is 1.89. The number of aryl methyl sites for hydroxylation is 1. The fourth-order valence-corrected chi connectivity index (χ4v) is 3.42. The Balaban J connectivity index is 1.81. The van der Waals surface area contributed by atoms with Crippen LogP contribution in [0.3, 0.4) is 0 Å². The summed E-state index contributed by atoms with van der Waals surface area (Å²) >= 11 is 1.41. The van der Waals surface area contributed by atoms with Gasteiger partial charge in [-0.2, -0.15) is 0 Å². The van der Waals surface area contributed by atoms with Crippen LogP contribution in [0.15, 0.2) is 17.2 Å². The Hall–Kier alpha value is -1.73. The Morgan fingerprint density at radius 1 is 1.43 bits per heavy atom. The van der Waals surface area contributed by atoms with Gasteiger partial charge < -0.3 is 10.4 Å². The summed E-state index contributed by atoms with van der Waals surface area (Å²) in [7, 11) is 0. The van der Waals surface area contributed by atoms with E-state index < -0.39 is 0 Å². The Morgan fingerprint density at radius 3 is 2.86 bits per heavy atom. The Morgan fingerprint density at radius 2 is 2.14 bits per heavy atom. The van der Waals surface area contributed by atoms with Gasteiger partial charge in [-0.25, -0.2) is 4.98 Å². The number of hydrogen-bond acceptors (Lipinski definition) is 5. The first-order valence-electron chi connectivity index (χ1n) is 7.01. The van der Waals surface area contributed by atoms with Crippen LogP contribution < -0.4 is 10.9 Å². The van der Waals surface area contributed by atoms with E-state index in [0.29, 0.717) is 17.8 Å². The van der Waals surface area contributed by atoms with Gasteiger partial charge in [0, 0.05) is 23.3 Å². The van der Waals surface area contributed by atoms with Gasteiger partial charge in [-0.3, -0.25) is 14.0 Å². The maximum absolute atomic E-state index is 12.3. The number of aliphatic hydroxyl groups is 1. The lowest BCUT2D eigenvalue weighted by Gasteiger charge is -2.25. The van der Waals surface area contributed by atoms with Crippen molar-refractivity contribution in [3.63, 3.8) is 0 Å². The molecule has 2 aromatic heterocycles. The summed E-state index contributed by atoms with van der Waals surface area (Å²) in [4.78, 5) is 30.3. The van der Waals surface area contributed by atoms with Crippen LogP contribution in [0.4, 0.5) is 0 Å². The molecule has 0 aliphatic heterocycles. The molecule has 1 amide bonds. The number of carbonyl (C=O) groups is 1. The first kappa shape index (κ1) is 14.2. The summed E-state index contributed by atoms with van der Waals surface area (Å²) in [6, 6.07) is 0.0187. The maximum Gasteiger partial charge on any atom is 0.271 e. The molecular formula is C14H17N3O3S. The van der Waals surface area contributed by atoms with Gasteiger partial charge in [0.05, 0.1) is 6.10 Å². The van der Waals surface area contributed by atoms with E-state index in [9.17, 15) is 14.7 Å². The molecule has 21 heavy (non-hydrogen) atoms. The minimum Gasteiger partial charge on any atom is -0.393 e. The zero-order chi connectivity index (χ0) is 15.0. The molecule has 0 unspecified atom stereocenters.